The lowest BCUT2D eigenvalue weighted by molar-refractivity contribution is -0.131. The molecule has 1 atom stereocenters. The fourth-order valence-corrected chi connectivity index (χ4v) is 2.72. The molecule has 1 aliphatic rings. The summed E-state index contributed by atoms with van der Waals surface area (Å²) in [6.45, 7) is 3.35. The number of hydrogen-bond donors (Lipinski definition) is 0. The van der Waals surface area contributed by atoms with Crippen LogP contribution < -0.4 is 0 Å². The third-order valence-corrected chi connectivity index (χ3v) is 3.81. The number of carbonyl (C=O) groups excluding carboxylic acids is 1. The molecular weight excluding hydrogens is 271 g/mol. The second-order valence-electron chi connectivity index (χ2n) is 5.75. The number of nitrogens with zero attached hydrogens (tertiary/aromatic N) is 2. The van der Waals surface area contributed by atoms with Gasteiger partial charge in [0.15, 0.2) is 0 Å². The molecule has 1 aliphatic heterocycles. The fraction of sp³-hybridized carbons (Fsp3) is 0.562. The van der Waals surface area contributed by atoms with Crippen molar-refractivity contribution < 1.29 is 13.9 Å². The molecule has 116 valence electrons. The Hall–Kier alpha value is -1.46. The number of halogens is 1. The second-order valence-corrected chi connectivity index (χ2v) is 5.75. The molecule has 2 rings (SSSR count). The molecule has 1 amide bonds. The molecule has 5 heteroatoms. The lowest BCUT2D eigenvalue weighted by Gasteiger charge is -2.21. The molecule has 1 aromatic carbocycles. The van der Waals surface area contributed by atoms with E-state index in [2.05, 4.69) is 0 Å². The molecule has 21 heavy (non-hydrogen) atoms. The summed E-state index contributed by atoms with van der Waals surface area (Å²) in [6, 6.07) is 6.39. The zero-order valence-corrected chi connectivity index (χ0v) is 12.7. The van der Waals surface area contributed by atoms with Gasteiger partial charge in [-0.05, 0) is 31.2 Å². The van der Waals surface area contributed by atoms with E-state index in [1.54, 1.807) is 19.2 Å². The Morgan fingerprint density at radius 3 is 2.81 bits per heavy atom. The summed E-state index contributed by atoms with van der Waals surface area (Å²) in [5.74, 6) is 0.373. The van der Waals surface area contributed by atoms with Crippen molar-refractivity contribution in [1.82, 2.24) is 9.80 Å². The molecular formula is C16H23FN2O2. The summed E-state index contributed by atoms with van der Waals surface area (Å²) in [6.07, 6.45) is 1.02. The van der Waals surface area contributed by atoms with E-state index in [1.807, 2.05) is 16.8 Å². The lowest BCUT2D eigenvalue weighted by Crippen LogP contribution is -2.37. The van der Waals surface area contributed by atoms with Crippen LogP contribution in [0.25, 0.3) is 0 Å². The van der Waals surface area contributed by atoms with Gasteiger partial charge in [0.05, 0.1) is 13.2 Å². The molecule has 0 N–H and O–H groups in total. The summed E-state index contributed by atoms with van der Waals surface area (Å²) in [4.78, 5) is 16.1. The minimum absolute atomic E-state index is 0.151. The first-order valence-corrected chi connectivity index (χ1v) is 7.28. The topological polar surface area (TPSA) is 32.8 Å². The molecule has 4 nitrogen and oxygen atoms in total. The van der Waals surface area contributed by atoms with Crippen molar-refractivity contribution >= 4 is 5.91 Å². The molecule has 0 saturated carbocycles. The average molecular weight is 294 g/mol. The van der Waals surface area contributed by atoms with Crippen molar-refractivity contribution in [3.05, 3.63) is 35.6 Å². The molecule has 1 aromatic rings. The Morgan fingerprint density at radius 2 is 2.14 bits per heavy atom. The van der Waals surface area contributed by atoms with Crippen LogP contribution in [0.3, 0.4) is 0 Å². The Morgan fingerprint density at radius 1 is 1.43 bits per heavy atom. The van der Waals surface area contributed by atoms with Crippen molar-refractivity contribution in [2.24, 2.45) is 5.92 Å². The maximum atomic E-state index is 12.9. The highest BCUT2D eigenvalue weighted by atomic mass is 19.1. The highest BCUT2D eigenvalue weighted by Gasteiger charge is 2.26. The van der Waals surface area contributed by atoms with Gasteiger partial charge in [-0.3, -0.25) is 9.69 Å². The van der Waals surface area contributed by atoms with E-state index in [4.69, 9.17) is 4.74 Å². The van der Waals surface area contributed by atoms with Crippen LogP contribution in [0, 0.1) is 11.7 Å². The van der Waals surface area contributed by atoms with Gasteiger partial charge in [0.2, 0.25) is 5.91 Å². The number of ether oxygens (including phenoxy) is 1. The van der Waals surface area contributed by atoms with Gasteiger partial charge < -0.3 is 9.64 Å². The van der Waals surface area contributed by atoms with Crippen LogP contribution in [-0.4, -0.2) is 56.1 Å². The molecule has 0 spiro atoms. The summed E-state index contributed by atoms with van der Waals surface area (Å²) in [5.41, 5.74) is 1.00. The highest BCUT2D eigenvalue weighted by molar-refractivity contribution is 5.78. The summed E-state index contributed by atoms with van der Waals surface area (Å²) in [7, 11) is 3.60. The van der Waals surface area contributed by atoms with E-state index in [1.165, 1.54) is 12.1 Å². The molecule has 0 aromatic heterocycles. The minimum atomic E-state index is -0.237. The van der Waals surface area contributed by atoms with E-state index < -0.39 is 0 Å². The maximum absolute atomic E-state index is 12.9. The van der Waals surface area contributed by atoms with Crippen LogP contribution in [0.1, 0.15) is 12.0 Å². The van der Waals surface area contributed by atoms with E-state index in [-0.39, 0.29) is 11.7 Å². The first-order valence-electron chi connectivity index (χ1n) is 7.28. The maximum Gasteiger partial charge on any atom is 0.236 e. The standard InChI is InChI=1S/C16H23FN2O2/c1-18(9-13-3-5-15(17)6-4-13)11-16(20)19-8-7-14(10-19)12-21-2/h3-6,14H,7-12H2,1-2H3/t14-/m0/s1. The molecule has 0 bridgehead atoms. The Balaban J connectivity index is 1.78. The number of benzene rings is 1. The van der Waals surface area contributed by atoms with E-state index >= 15 is 0 Å². The van der Waals surface area contributed by atoms with Gasteiger partial charge in [0, 0.05) is 32.7 Å². The summed E-state index contributed by atoms with van der Waals surface area (Å²) >= 11 is 0. The van der Waals surface area contributed by atoms with Crippen LogP contribution in [0.4, 0.5) is 4.39 Å². The predicted octanol–water partition coefficient (Wildman–Crippen LogP) is 1.75. The number of amides is 1. The third kappa shape index (κ3) is 4.79. The first kappa shape index (κ1) is 15.9. The highest BCUT2D eigenvalue weighted by Crippen LogP contribution is 2.16. The van der Waals surface area contributed by atoms with Crippen LogP contribution in [0.15, 0.2) is 24.3 Å². The van der Waals surface area contributed by atoms with Gasteiger partial charge in [0.25, 0.3) is 0 Å². The van der Waals surface area contributed by atoms with Gasteiger partial charge in [0.1, 0.15) is 5.82 Å². The Labute approximate surface area is 125 Å². The van der Waals surface area contributed by atoms with E-state index in [9.17, 15) is 9.18 Å². The Kier molecular flexibility index (Phi) is 5.70. The number of carbonyl (C=O) groups is 1. The average Bonchev–Trinajstić information content (AvgIpc) is 2.90. The second kappa shape index (κ2) is 7.52. The van der Waals surface area contributed by atoms with Gasteiger partial charge in [-0.1, -0.05) is 12.1 Å². The van der Waals surface area contributed by atoms with Gasteiger partial charge >= 0.3 is 0 Å². The van der Waals surface area contributed by atoms with E-state index in [0.29, 0.717) is 19.0 Å². The number of likely N-dealkylation sites (N-methyl/N-ethyl adjacent to an activating group) is 1. The molecule has 1 heterocycles. The first-order chi connectivity index (χ1) is 10.1. The van der Waals surface area contributed by atoms with Gasteiger partial charge in [-0.25, -0.2) is 4.39 Å². The zero-order chi connectivity index (χ0) is 15.2. The molecule has 1 fully saturated rings. The normalized spacial score (nSPS) is 18.5. The molecule has 1 saturated heterocycles. The van der Waals surface area contributed by atoms with Crippen molar-refractivity contribution in [2.75, 3.05) is 40.4 Å². The third-order valence-electron chi connectivity index (χ3n) is 3.81. The number of likely N-dealkylation sites (tertiary alicyclic amines) is 1. The SMILES string of the molecule is COC[C@H]1CCN(C(=O)CN(C)Cc2ccc(F)cc2)C1. The van der Waals surface area contributed by atoms with Gasteiger partial charge in [-0.15, -0.1) is 0 Å². The van der Waals surface area contributed by atoms with Crippen molar-refractivity contribution in [3.63, 3.8) is 0 Å². The number of rotatable bonds is 6. The van der Waals surface area contributed by atoms with Crippen LogP contribution in [0.5, 0.6) is 0 Å². The lowest BCUT2D eigenvalue weighted by atomic mass is 10.1. The molecule has 0 unspecified atom stereocenters. The summed E-state index contributed by atoms with van der Waals surface area (Å²) < 4.78 is 18.0. The molecule has 0 radical (unpaired) electrons. The van der Waals surface area contributed by atoms with Crippen molar-refractivity contribution in [3.8, 4) is 0 Å². The minimum Gasteiger partial charge on any atom is -0.384 e. The van der Waals surface area contributed by atoms with Crippen molar-refractivity contribution in [1.29, 1.82) is 0 Å². The number of hydrogen-bond acceptors (Lipinski definition) is 3. The molecule has 0 aliphatic carbocycles. The summed E-state index contributed by atoms with van der Waals surface area (Å²) in [5, 5.41) is 0. The monoisotopic (exact) mass is 294 g/mol. The largest absolute Gasteiger partial charge is 0.384 e. The van der Waals surface area contributed by atoms with Crippen LogP contribution >= 0.6 is 0 Å². The van der Waals surface area contributed by atoms with Crippen LogP contribution in [0.2, 0.25) is 0 Å². The predicted molar refractivity (Wildman–Crippen MR) is 79.3 cm³/mol. The fourth-order valence-electron chi connectivity index (χ4n) is 2.72. The van der Waals surface area contributed by atoms with E-state index in [0.717, 1.165) is 31.7 Å². The smallest absolute Gasteiger partial charge is 0.236 e. The van der Waals surface area contributed by atoms with Crippen molar-refractivity contribution in [2.45, 2.75) is 13.0 Å². The quantitative estimate of drug-likeness (QED) is 0.801. The zero-order valence-electron chi connectivity index (χ0n) is 12.7. The van der Waals surface area contributed by atoms with Crippen LogP contribution in [-0.2, 0) is 16.1 Å². The Bertz CT molecular complexity index is 464. The van der Waals surface area contributed by atoms with Gasteiger partial charge in [-0.2, -0.15) is 0 Å². The number of methoxy groups -OCH3 is 1.